The van der Waals surface area contributed by atoms with Gasteiger partial charge < -0.3 is 19.8 Å². The Morgan fingerprint density at radius 1 is 0.929 bits per heavy atom. The van der Waals surface area contributed by atoms with Crippen LogP contribution in [0.3, 0.4) is 0 Å². The molecule has 0 unspecified atom stereocenters. The van der Waals surface area contributed by atoms with Gasteiger partial charge in [-0.05, 0) is 54.7 Å². The molecule has 0 atom stereocenters. The van der Waals surface area contributed by atoms with E-state index in [-0.39, 0.29) is 23.4 Å². The maximum atomic E-state index is 12.0. The van der Waals surface area contributed by atoms with Crippen molar-refractivity contribution < 1.29 is 18.7 Å². The molecule has 2 aromatic carbocycles. The molecule has 1 heterocycles. The molecule has 8 heteroatoms. The third-order valence-corrected chi connectivity index (χ3v) is 3.69. The fraction of sp³-hybridized carbons (Fsp3) is 0.0500. The van der Waals surface area contributed by atoms with Crippen molar-refractivity contribution in [3.8, 4) is 5.75 Å². The minimum atomic E-state index is -0.454. The summed E-state index contributed by atoms with van der Waals surface area (Å²) in [6.45, 7) is -0.112. The van der Waals surface area contributed by atoms with E-state index in [2.05, 4.69) is 16.0 Å². The standard InChI is InChI=1S/C20H17N3O4S/c24-18(13-27-16-8-2-1-3-9-16)21-14-6-4-7-15(12-14)22-20(28)23-19(25)17-10-5-11-26-17/h1-12H,13H2,(H,21,24)(H2,22,23,25,28). The van der Waals surface area contributed by atoms with Crippen molar-refractivity contribution in [3.63, 3.8) is 0 Å². The highest BCUT2D eigenvalue weighted by Gasteiger charge is 2.10. The van der Waals surface area contributed by atoms with Crippen LogP contribution in [0.4, 0.5) is 11.4 Å². The first-order valence-corrected chi connectivity index (χ1v) is 8.74. The Morgan fingerprint density at radius 2 is 1.68 bits per heavy atom. The van der Waals surface area contributed by atoms with Gasteiger partial charge in [0.15, 0.2) is 17.5 Å². The molecule has 2 amide bonds. The molecule has 0 radical (unpaired) electrons. The van der Waals surface area contributed by atoms with Crippen molar-refractivity contribution in [2.24, 2.45) is 0 Å². The lowest BCUT2D eigenvalue weighted by Gasteiger charge is -2.11. The normalized spacial score (nSPS) is 10.0. The van der Waals surface area contributed by atoms with Crippen LogP contribution < -0.4 is 20.7 Å². The summed E-state index contributed by atoms with van der Waals surface area (Å²) in [6.07, 6.45) is 1.40. The lowest BCUT2D eigenvalue weighted by molar-refractivity contribution is -0.118. The number of ether oxygens (including phenoxy) is 1. The number of benzene rings is 2. The monoisotopic (exact) mass is 395 g/mol. The van der Waals surface area contributed by atoms with Crippen LogP contribution in [0.2, 0.25) is 0 Å². The second-order valence-corrected chi connectivity index (χ2v) is 6.02. The SMILES string of the molecule is O=C(COc1ccccc1)Nc1cccc(NC(=S)NC(=O)c2ccco2)c1. The molecule has 0 aliphatic heterocycles. The van der Waals surface area contributed by atoms with E-state index in [0.717, 1.165) is 0 Å². The quantitative estimate of drug-likeness (QED) is 0.554. The van der Waals surface area contributed by atoms with Crippen LogP contribution in [0.15, 0.2) is 77.4 Å². The van der Waals surface area contributed by atoms with E-state index in [0.29, 0.717) is 17.1 Å². The molecule has 0 fully saturated rings. The minimum absolute atomic E-state index is 0.109. The smallest absolute Gasteiger partial charge is 0.293 e. The van der Waals surface area contributed by atoms with Gasteiger partial charge in [0.2, 0.25) is 0 Å². The third-order valence-electron chi connectivity index (χ3n) is 3.49. The molecular formula is C20H17N3O4S. The molecule has 0 aliphatic carbocycles. The number of anilines is 2. The fourth-order valence-electron chi connectivity index (χ4n) is 2.27. The number of amides is 2. The van der Waals surface area contributed by atoms with E-state index in [9.17, 15) is 9.59 Å². The predicted molar refractivity (Wildman–Crippen MR) is 109 cm³/mol. The van der Waals surface area contributed by atoms with Gasteiger partial charge >= 0.3 is 0 Å². The first-order chi connectivity index (χ1) is 13.6. The number of thiocarbonyl (C=S) groups is 1. The summed E-state index contributed by atoms with van der Waals surface area (Å²) < 4.78 is 10.4. The van der Waals surface area contributed by atoms with Crippen LogP contribution in [0.5, 0.6) is 5.75 Å². The summed E-state index contributed by atoms with van der Waals surface area (Å²) in [7, 11) is 0. The van der Waals surface area contributed by atoms with Crippen molar-refractivity contribution in [3.05, 3.63) is 78.8 Å². The molecule has 0 bridgehead atoms. The molecule has 3 rings (SSSR count). The number of carbonyl (C=O) groups excluding carboxylic acids is 2. The van der Waals surface area contributed by atoms with E-state index in [4.69, 9.17) is 21.4 Å². The van der Waals surface area contributed by atoms with Crippen LogP contribution in [0.25, 0.3) is 0 Å². The highest BCUT2D eigenvalue weighted by molar-refractivity contribution is 7.80. The lowest BCUT2D eigenvalue weighted by Crippen LogP contribution is -2.33. The van der Waals surface area contributed by atoms with Gasteiger partial charge in [-0.25, -0.2) is 0 Å². The Balaban J connectivity index is 1.51. The van der Waals surface area contributed by atoms with Crippen LogP contribution in [0.1, 0.15) is 10.6 Å². The highest BCUT2D eigenvalue weighted by Crippen LogP contribution is 2.15. The molecule has 3 aromatic rings. The number of rotatable bonds is 6. The molecule has 142 valence electrons. The molecule has 0 saturated heterocycles. The van der Waals surface area contributed by atoms with Crippen molar-refractivity contribution in [1.29, 1.82) is 0 Å². The molecule has 1 aromatic heterocycles. The van der Waals surface area contributed by atoms with Gasteiger partial charge in [-0.15, -0.1) is 0 Å². The van der Waals surface area contributed by atoms with E-state index < -0.39 is 5.91 Å². The number of para-hydroxylation sites is 1. The predicted octanol–water partition coefficient (Wildman–Crippen LogP) is 3.42. The maximum absolute atomic E-state index is 12.0. The van der Waals surface area contributed by atoms with Crippen LogP contribution in [-0.2, 0) is 4.79 Å². The van der Waals surface area contributed by atoms with Gasteiger partial charge in [0.1, 0.15) is 5.75 Å². The Labute approximate surface area is 166 Å². The number of nitrogens with one attached hydrogen (secondary N) is 3. The van der Waals surface area contributed by atoms with E-state index in [1.165, 1.54) is 12.3 Å². The molecular weight excluding hydrogens is 378 g/mol. The number of carbonyl (C=O) groups is 2. The zero-order valence-corrected chi connectivity index (χ0v) is 15.5. The Hall–Kier alpha value is -3.65. The number of furan rings is 1. The van der Waals surface area contributed by atoms with Crippen LogP contribution >= 0.6 is 12.2 Å². The average Bonchev–Trinajstić information content (AvgIpc) is 3.22. The Kier molecular flexibility index (Phi) is 6.37. The summed E-state index contributed by atoms with van der Waals surface area (Å²) in [5, 5.41) is 8.24. The van der Waals surface area contributed by atoms with Crippen LogP contribution in [0, 0.1) is 0 Å². The largest absolute Gasteiger partial charge is 0.484 e. The van der Waals surface area contributed by atoms with Gasteiger partial charge in [0.05, 0.1) is 6.26 Å². The van der Waals surface area contributed by atoms with E-state index in [1.54, 1.807) is 42.5 Å². The van der Waals surface area contributed by atoms with Crippen molar-refractivity contribution >= 4 is 40.5 Å². The summed E-state index contributed by atoms with van der Waals surface area (Å²) in [5.74, 6) is 0.0222. The molecule has 0 spiro atoms. The highest BCUT2D eigenvalue weighted by atomic mass is 32.1. The summed E-state index contributed by atoms with van der Waals surface area (Å²) in [4.78, 5) is 24.0. The molecule has 0 aliphatic rings. The third kappa shape index (κ3) is 5.68. The summed E-state index contributed by atoms with van der Waals surface area (Å²) >= 11 is 5.12. The lowest BCUT2D eigenvalue weighted by atomic mass is 10.2. The molecule has 7 nitrogen and oxygen atoms in total. The van der Waals surface area contributed by atoms with Gasteiger partial charge in [-0.1, -0.05) is 24.3 Å². The van der Waals surface area contributed by atoms with Crippen molar-refractivity contribution in [1.82, 2.24) is 5.32 Å². The first kappa shape index (κ1) is 19.1. The van der Waals surface area contributed by atoms with Gasteiger partial charge in [-0.3, -0.25) is 14.9 Å². The molecule has 3 N–H and O–H groups in total. The first-order valence-electron chi connectivity index (χ1n) is 8.34. The average molecular weight is 395 g/mol. The molecule has 28 heavy (non-hydrogen) atoms. The zero-order chi connectivity index (χ0) is 19.8. The summed E-state index contributed by atoms with van der Waals surface area (Å²) in [6, 6.07) is 19.1. The second-order valence-electron chi connectivity index (χ2n) is 5.62. The number of hydrogen-bond acceptors (Lipinski definition) is 5. The van der Waals surface area contributed by atoms with E-state index in [1.807, 2.05) is 18.2 Å². The van der Waals surface area contributed by atoms with Gasteiger partial charge in [0, 0.05) is 11.4 Å². The van der Waals surface area contributed by atoms with Crippen LogP contribution in [-0.4, -0.2) is 23.5 Å². The second kappa shape index (κ2) is 9.33. The Morgan fingerprint density at radius 3 is 2.39 bits per heavy atom. The zero-order valence-electron chi connectivity index (χ0n) is 14.7. The van der Waals surface area contributed by atoms with Gasteiger partial charge in [0.25, 0.3) is 11.8 Å². The van der Waals surface area contributed by atoms with E-state index >= 15 is 0 Å². The van der Waals surface area contributed by atoms with Crippen molar-refractivity contribution in [2.45, 2.75) is 0 Å². The maximum Gasteiger partial charge on any atom is 0.293 e. The topological polar surface area (TPSA) is 92.6 Å². The Bertz CT molecular complexity index is 959. The van der Waals surface area contributed by atoms with Gasteiger partial charge in [-0.2, -0.15) is 0 Å². The fourth-order valence-corrected chi connectivity index (χ4v) is 2.48. The van der Waals surface area contributed by atoms with Crippen molar-refractivity contribution in [2.75, 3.05) is 17.2 Å². The summed E-state index contributed by atoms with van der Waals surface area (Å²) in [5.41, 5.74) is 1.17. The number of hydrogen-bond donors (Lipinski definition) is 3. The molecule has 0 saturated carbocycles. The minimum Gasteiger partial charge on any atom is -0.484 e.